The van der Waals surface area contributed by atoms with Crippen LogP contribution in [0.4, 0.5) is 18.0 Å². The number of likely N-dealkylation sites (N-methyl/N-ethyl adjacent to an activating group) is 1. The van der Waals surface area contributed by atoms with Crippen LogP contribution in [-0.4, -0.2) is 66.4 Å². The van der Waals surface area contributed by atoms with Gasteiger partial charge in [0.2, 0.25) is 5.91 Å². The molecule has 1 aliphatic rings. The number of rotatable bonds is 7. The van der Waals surface area contributed by atoms with E-state index in [1.807, 2.05) is 27.7 Å². The maximum atomic E-state index is 13.7. The van der Waals surface area contributed by atoms with E-state index >= 15 is 0 Å². The molecule has 0 spiro atoms. The first-order chi connectivity index (χ1) is 16.4. The van der Waals surface area contributed by atoms with Gasteiger partial charge in [-0.05, 0) is 49.9 Å². The molecular formula is C26H39F3N4O2. The molecule has 0 bridgehead atoms. The molecular weight excluding hydrogens is 457 g/mol. The van der Waals surface area contributed by atoms with Crippen LogP contribution >= 0.6 is 0 Å². The number of piperazine rings is 1. The average Bonchev–Trinajstić information content (AvgIpc) is 2.86. The highest BCUT2D eigenvalue weighted by atomic mass is 19.4. The molecule has 9 heteroatoms. The highest BCUT2D eigenvalue weighted by Crippen LogP contribution is 2.33. The molecule has 6 nitrogen and oxygen atoms in total. The molecule has 2 rings (SSSR count). The minimum Gasteiger partial charge on any atom is -0.390 e. The zero-order valence-corrected chi connectivity index (χ0v) is 21.9. The van der Waals surface area contributed by atoms with Gasteiger partial charge in [-0.1, -0.05) is 32.4 Å². The molecule has 0 radical (unpaired) electrons. The van der Waals surface area contributed by atoms with Crippen molar-refractivity contribution in [2.24, 2.45) is 0 Å². The Bertz CT molecular complexity index is 945. The summed E-state index contributed by atoms with van der Waals surface area (Å²) in [5, 5.41) is 3.23. The van der Waals surface area contributed by atoms with E-state index in [1.165, 1.54) is 4.90 Å². The van der Waals surface area contributed by atoms with Crippen molar-refractivity contribution in [3.05, 3.63) is 46.2 Å². The van der Waals surface area contributed by atoms with E-state index < -0.39 is 17.8 Å². The number of carbonyl (C=O) groups excluding carboxylic acids is 2. The van der Waals surface area contributed by atoms with Crippen LogP contribution in [0.15, 0.2) is 29.5 Å². The number of aryl methyl sites for hydroxylation is 1. The topological polar surface area (TPSA) is 55.9 Å². The lowest BCUT2D eigenvalue weighted by atomic mass is 9.98. The van der Waals surface area contributed by atoms with Crippen molar-refractivity contribution in [1.29, 1.82) is 0 Å². The number of hydrogen-bond acceptors (Lipinski definition) is 3. The van der Waals surface area contributed by atoms with Crippen molar-refractivity contribution in [2.75, 3.05) is 33.7 Å². The SMILES string of the molecule is CCC(=O)N1CCN(C(=O)N(C)C(C)c2cc(CC)cc(C(F)(F)F)c2)C(/C(NC)=C(\C)CC)C1. The third kappa shape index (κ3) is 6.49. The second-order valence-electron chi connectivity index (χ2n) is 9.08. The van der Waals surface area contributed by atoms with Crippen molar-refractivity contribution in [1.82, 2.24) is 20.0 Å². The third-order valence-corrected chi connectivity index (χ3v) is 6.99. The molecule has 1 N–H and O–H groups in total. The average molecular weight is 497 g/mol. The Labute approximate surface area is 207 Å². The molecule has 35 heavy (non-hydrogen) atoms. The van der Waals surface area contributed by atoms with Crippen LogP contribution in [0.5, 0.6) is 0 Å². The Hall–Kier alpha value is -2.71. The number of nitrogens with zero attached hydrogens (tertiary/aromatic N) is 3. The van der Waals surface area contributed by atoms with Crippen molar-refractivity contribution in [3.63, 3.8) is 0 Å². The van der Waals surface area contributed by atoms with Gasteiger partial charge in [0.25, 0.3) is 0 Å². The van der Waals surface area contributed by atoms with Gasteiger partial charge >= 0.3 is 12.2 Å². The Morgan fingerprint density at radius 1 is 1.14 bits per heavy atom. The van der Waals surface area contributed by atoms with Gasteiger partial charge in [-0.15, -0.1) is 0 Å². The molecule has 1 saturated heterocycles. The van der Waals surface area contributed by atoms with Gasteiger partial charge in [0, 0.05) is 45.8 Å². The summed E-state index contributed by atoms with van der Waals surface area (Å²) in [4.78, 5) is 31.1. The first kappa shape index (κ1) is 28.5. The van der Waals surface area contributed by atoms with Crippen molar-refractivity contribution < 1.29 is 22.8 Å². The molecule has 1 heterocycles. The first-order valence-electron chi connectivity index (χ1n) is 12.3. The summed E-state index contributed by atoms with van der Waals surface area (Å²) in [5.74, 6) is 0.0319. The number of carbonyl (C=O) groups is 2. The van der Waals surface area contributed by atoms with E-state index in [4.69, 9.17) is 0 Å². The number of benzene rings is 1. The summed E-state index contributed by atoms with van der Waals surface area (Å²) < 4.78 is 40.5. The highest BCUT2D eigenvalue weighted by Gasteiger charge is 2.37. The molecule has 0 saturated carbocycles. The van der Waals surface area contributed by atoms with Gasteiger partial charge in [0.05, 0.1) is 17.6 Å². The van der Waals surface area contributed by atoms with Crippen LogP contribution in [0, 0.1) is 0 Å². The summed E-state index contributed by atoms with van der Waals surface area (Å²) in [6.07, 6.45) is -2.83. The number of amides is 3. The van der Waals surface area contributed by atoms with Crippen molar-refractivity contribution >= 4 is 11.9 Å². The fraction of sp³-hybridized carbons (Fsp3) is 0.615. The van der Waals surface area contributed by atoms with Gasteiger partial charge in [0.1, 0.15) is 0 Å². The van der Waals surface area contributed by atoms with E-state index in [9.17, 15) is 22.8 Å². The van der Waals surface area contributed by atoms with Crippen LogP contribution in [0.25, 0.3) is 0 Å². The normalized spacial score (nSPS) is 18.2. The quantitative estimate of drug-likeness (QED) is 0.564. The zero-order chi connectivity index (χ0) is 26.5. The molecule has 1 aromatic rings. The predicted octanol–water partition coefficient (Wildman–Crippen LogP) is 5.21. The van der Waals surface area contributed by atoms with E-state index in [-0.39, 0.29) is 18.0 Å². The lowest BCUT2D eigenvalue weighted by molar-refractivity contribution is -0.137. The Morgan fingerprint density at radius 3 is 2.31 bits per heavy atom. The standard InChI is InChI=1S/C26H39F3N4O2/c1-8-17(4)24(30-6)22-16-32(23(34)10-3)11-12-33(22)25(35)31(7)18(5)20-13-19(9-2)14-21(15-20)26(27,28)29/h13-15,18,22,30H,8-12,16H2,1-7H3/b24-17-. The van der Waals surface area contributed by atoms with Crippen LogP contribution in [0.2, 0.25) is 0 Å². The van der Waals surface area contributed by atoms with E-state index in [0.29, 0.717) is 43.6 Å². The van der Waals surface area contributed by atoms with E-state index in [2.05, 4.69) is 5.32 Å². The second kappa shape index (κ2) is 11.8. The fourth-order valence-corrected chi connectivity index (χ4v) is 4.48. The van der Waals surface area contributed by atoms with Crippen LogP contribution < -0.4 is 5.32 Å². The van der Waals surface area contributed by atoms with Crippen LogP contribution in [0.1, 0.15) is 70.2 Å². The van der Waals surface area contributed by atoms with Crippen molar-refractivity contribution in [2.45, 2.75) is 72.1 Å². The molecule has 1 aromatic carbocycles. The predicted molar refractivity (Wildman–Crippen MR) is 132 cm³/mol. The van der Waals surface area contributed by atoms with E-state index in [1.54, 1.807) is 36.9 Å². The molecule has 2 unspecified atom stereocenters. The summed E-state index contributed by atoms with van der Waals surface area (Å²) in [7, 11) is 3.42. The third-order valence-electron chi connectivity index (χ3n) is 6.99. The minimum atomic E-state index is -4.46. The maximum Gasteiger partial charge on any atom is 0.416 e. The summed E-state index contributed by atoms with van der Waals surface area (Å²) in [6.45, 7) is 10.5. The van der Waals surface area contributed by atoms with Gasteiger partial charge in [-0.3, -0.25) is 4.79 Å². The Kier molecular flexibility index (Phi) is 9.63. The largest absolute Gasteiger partial charge is 0.416 e. The molecule has 1 fully saturated rings. The second-order valence-corrected chi connectivity index (χ2v) is 9.08. The van der Waals surface area contributed by atoms with Gasteiger partial charge < -0.3 is 20.0 Å². The molecule has 0 aliphatic carbocycles. The van der Waals surface area contributed by atoms with Gasteiger partial charge in [-0.25, -0.2) is 4.79 Å². The first-order valence-corrected chi connectivity index (χ1v) is 12.3. The highest BCUT2D eigenvalue weighted by molar-refractivity contribution is 5.78. The lowest BCUT2D eigenvalue weighted by Gasteiger charge is -2.45. The number of alkyl halides is 3. The fourth-order valence-electron chi connectivity index (χ4n) is 4.48. The maximum absolute atomic E-state index is 13.7. The molecule has 0 aromatic heterocycles. The number of hydrogen-bond donors (Lipinski definition) is 1. The summed E-state index contributed by atoms with van der Waals surface area (Å²) in [6, 6.07) is 2.82. The lowest BCUT2D eigenvalue weighted by Crippen LogP contribution is -2.60. The zero-order valence-electron chi connectivity index (χ0n) is 21.9. The smallest absolute Gasteiger partial charge is 0.390 e. The summed E-state index contributed by atoms with van der Waals surface area (Å²) >= 11 is 0. The number of urea groups is 1. The number of halogens is 3. The van der Waals surface area contributed by atoms with Gasteiger partial charge in [-0.2, -0.15) is 13.2 Å². The number of allylic oxidation sites excluding steroid dienone is 1. The number of nitrogens with one attached hydrogen (secondary N) is 1. The summed E-state index contributed by atoms with van der Waals surface area (Å²) in [5.41, 5.74) is 2.29. The minimum absolute atomic E-state index is 0.0319. The van der Waals surface area contributed by atoms with Crippen LogP contribution in [-0.2, 0) is 17.4 Å². The van der Waals surface area contributed by atoms with E-state index in [0.717, 1.165) is 29.8 Å². The monoisotopic (exact) mass is 496 g/mol. The molecule has 1 aliphatic heterocycles. The molecule has 3 amide bonds. The Morgan fingerprint density at radius 2 is 1.80 bits per heavy atom. The van der Waals surface area contributed by atoms with Gasteiger partial charge in [0.15, 0.2) is 0 Å². The van der Waals surface area contributed by atoms with Crippen molar-refractivity contribution in [3.8, 4) is 0 Å². The molecule has 196 valence electrons. The molecule has 2 atom stereocenters. The van der Waals surface area contributed by atoms with Crippen LogP contribution in [0.3, 0.4) is 0 Å². The Balaban J connectivity index is 2.41.